The fraction of sp³-hybridized carbons (Fsp3) is 0.150. The molecule has 2 aromatic carbocycles. The number of fused-ring (bicyclic) bond motifs is 1. The van der Waals surface area contributed by atoms with E-state index >= 15 is 0 Å². The van der Waals surface area contributed by atoms with Crippen molar-refractivity contribution in [2.24, 2.45) is 0 Å². The summed E-state index contributed by atoms with van der Waals surface area (Å²) in [4.78, 5) is 27.5. The first-order chi connectivity index (χ1) is 14.9. The molecule has 0 fully saturated rings. The summed E-state index contributed by atoms with van der Waals surface area (Å²) in [5.74, 6) is 0.705. The van der Waals surface area contributed by atoms with Gasteiger partial charge in [0.2, 0.25) is 11.1 Å². The maximum Gasteiger partial charge on any atom is 0.279 e. The van der Waals surface area contributed by atoms with Gasteiger partial charge < -0.3 is 10.1 Å². The first kappa shape index (κ1) is 20.9. The number of nitrogens with one attached hydrogen (secondary N) is 2. The smallest absolute Gasteiger partial charge is 0.279 e. The van der Waals surface area contributed by atoms with Crippen LogP contribution in [0.3, 0.4) is 0 Å². The molecule has 1 amide bonds. The van der Waals surface area contributed by atoms with Crippen LogP contribution in [-0.4, -0.2) is 43.6 Å². The van der Waals surface area contributed by atoms with E-state index in [1.807, 2.05) is 13.0 Å². The fourth-order valence-electron chi connectivity index (χ4n) is 2.81. The third kappa shape index (κ3) is 4.54. The van der Waals surface area contributed by atoms with Gasteiger partial charge in [0.25, 0.3) is 11.3 Å². The Kier molecular flexibility index (Phi) is 5.92. The predicted molar refractivity (Wildman–Crippen MR) is 119 cm³/mol. The van der Waals surface area contributed by atoms with Gasteiger partial charge in [-0.3, -0.25) is 14.6 Å². The molecule has 0 bridgehead atoms. The first-order valence-corrected chi connectivity index (χ1v) is 10.5. The van der Waals surface area contributed by atoms with E-state index < -0.39 is 5.56 Å². The number of H-pyrrole nitrogens is 1. The molecule has 2 heterocycles. The van der Waals surface area contributed by atoms with Crippen LogP contribution in [0.2, 0.25) is 5.02 Å². The third-order valence-electron chi connectivity index (χ3n) is 4.42. The van der Waals surface area contributed by atoms with Crippen molar-refractivity contribution in [1.82, 2.24) is 24.8 Å². The summed E-state index contributed by atoms with van der Waals surface area (Å²) in [6.07, 6.45) is 0. The molecule has 31 heavy (non-hydrogen) atoms. The van der Waals surface area contributed by atoms with Crippen LogP contribution in [0.25, 0.3) is 17.0 Å². The summed E-state index contributed by atoms with van der Waals surface area (Å²) in [7, 11) is 1.57. The van der Waals surface area contributed by atoms with Crippen molar-refractivity contribution in [1.29, 1.82) is 0 Å². The highest BCUT2D eigenvalue weighted by molar-refractivity contribution is 7.99. The molecule has 158 valence electrons. The van der Waals surface area contributed by atoms with Crippen LogP contribution >= 0.6 is 23.4 Å². The zero-order valence-corrected chi connectivity index (χ0v) is 18.1. The van der Waals surface area contributed by atoms with Crippen LogP contribution in [0.4, 0.5) is 5.69 Å². The highest BCUT2D eigenvalue weighted by Gasteiger charge is 2.15. The molecule has 0 atom stereocenters. The molecule has 0 saturated heterocycles. The molecule has 4 rings (SSSR count). The Bertz CT molecular complexity index is 1320. The van der Waals surface area contributed by atoms with Gasteiger partial charge in [0.05, 0.1) is 12.9 Å². The first-order valence-electron chi connectivity index (χ1n) is 9.13. The minimum atomic E-state index is -0.393. The second-order valence-corrected chi connectivity index (χ2v) is 7.92. The number of benzene rings is 2. The monoisotopic (exact) mass is 456 g/mol. The van der Waals surface area contributed by atoms with Crippen molar-refractivity contribution in [3.05, 3.63) is 63.4 Å². The van der Waals surface area contributed by atoms with Gasteiger partial charge in [0.15, 0.2) is 5.69 Å². The Morgan fingerprint density at radius 3 is 2.74 bits per heavy atom. The Morgan fingerprint density at radius 2 is 2.00 bits per heavy atom. The molecular formula is C20H17ClN6O3S. The lowest BCUT2D eigenvalue weighted by Crippen LogP contribution is -2.17. The lowest BCUT2D eigenvalue weighted by molar-refractivity contribution is -0.113. The van der Waals surface area contributed by atoms with E-state index in [9.17, 15) is 9.59 Å². The second-order valence-electron chi connectivity index (χ2n) is 6.55. The van der Waals surface area contributed by atoms with E-state index in [-0.39, 0.29) is 23.1 Å². The molecule has 0 spiro atoms. The maximum atomic E-state index is 12.4. The summed E-state index contributed by atoms with van der Waals surface area (Å²) >= 11 is 7.15. The van der Waals surface area contributed by atoms with E-state index in [1.54, 1.807) is 43.5 Å². The Labute approximate surface area is 185 Å². The minimum absolute atomic E-state index is 0.0748. The van der Waals surface area contributed by atoms with Gasteiger partial charge in [-0.25, -0.2) is 0 Å². The molecular weight excluding hydrogens is 440 g/mol. The zero-order chi connectivity index (χ0) is 22.0. The van der Waals surface area contributed by atoms with Gasteiger partial charge in [0.1, 0.15) is 5.75 Å². The van der Waals surface area contributed by atoms with Crippen LogP contribution in [-0.2, 0) is 4.79 Å². The number of carbonyl (C=O) groups excluding carboxylic acids is 1. The average molecular weight is 457 g/mol. The number of rotatable bonds is 6. The van der Waals surface area contributed by atoms with Crippen LogP contribution in [0.15, 0.2) is 52.4 Å². The van der Waals surface area contributed by atoms with Crippen molar-refractivity contribution >= 4 is 40.7 Å². The van der Waals surface area contributed by atoms with Gasteiger partial charge in [0, 0.05) is 16.3 Å². The molecule has 0 unspecified atom stereocenters. The molecule has 2 aromatic heterocycles. The highest BCUT2D eigenvalue weighted by atomic mass is 35.5. The minimum Gasteiger partial charge on any atom is -0.497 e. The molecule has 2 N–H and O–H groups in total. The normalized spacial score (nSPS) is 10.9. The van der Waals surface area contributed by atoms with Gasteiger partial charge in [-0.15, -0.1) is 10.2 Å². The van der Waals surface area contributed by atoms with Crippen molar-refractivity contribution in [3.63, 3.8) is 0 Å². The average Bonchev–Trinajstić information content (AvgIpc) is 3.16. The van der Waals surface area contributed by atoms with Gasteiger partial charge in [-0.2, -0.15) is 9.61 Å². The SMILES string of the molecule is COc1ccc(-c2nn3c(SCC(=O)Nc4cc(Cl)ccc4C)nnc3[nH]c2=O)cc1. The Morgan fingerprint density at radius 1 is 1.23 bits per heavy atom. The van der Waals surface area contributed by atoms with Gasteiger partial charge in [-0.05, 0) is 48.9 Å². The highest BCUT2D eigenvalue weighted by Crippen LogP contribution is 2.22. The molecule has 0 radical (unpaired) electrons. The van der Waals surface area contributed by atoms with Crippen molar-refractivity contribution in [2.75, 3.05) is 18.2 Å². The summed E-state index contributed by atoms with van der Waals surface area (Å²) < 4.78 is 6.55. The maximum absolute atomic E-state index is 12.4. The summed E-state index contributed by atoms with van der Waals surface area (Å²) in [6.45, 7) is 1.88. The number of halogens is 1. The standard InChI is InChI=1S/C20H17ClN6O3S/c1-11-3-6-13(21)9-15(11)22-16(28)10-31-20-25-24-19-23-18(29)17(26-27(19)20)12-4-7-14(30-2)8-5-12/h3-9H,10H2,1-2H3,(H,22,28)(H,23,24,29). The van der Waals surface area contributed by atoms with Crippen molar-refractivity contribution in [3.8, 4) is 17.0 Å². The number of hydrogen-bond acceptors (Lipinski definition) is 7. The quantitative estimate of drug-likeness (QED) is 0.428. The van der Waals surface area contributed by atoms with E-state index in [1.165, 1.54) is 4.52 Å². The number of aromatic nitrogens is 5. The fourth-order valence-corrected chi connectivity index (χ4v) is 3.67. The lowest BCUT2D eigenvalue weighted by Gasteiger charge is -2.08. The van der Waals surface area contributed by atoms with Crippen LogP contribution in [0.5, 0.6) is 5.75 Å². The number of methoxy groups -OCH3 is 1. The number of ether oxygens (including phenoxy) is 1. The molecule has 0 aliphatic rings. The van der Waals surface area contributed by atoms with Crippen LogP contribution < -0.4 is 15.6 Å². The van der Waals surface area contributed by atoms with Crippen molar-refractivity contribution < 1.29 is 9.53 Å². The van der Waals surface area contributed by atoms with E-state index in [2.05, 4.69) is 25.6 Å². The Balaban J connectivity index is 1.54. The second kappa shape index (κ2) is 8.78. The van der Waals surface area contributed by atoms with Gasteiger partial charge in [-0.1, -0.05) is 29.4 Å². The molecule has 11 heteroatoms. The Hall–Kier alpha value is -3.37. The van der Waals surface area contributed by atoms with E-state index in [0.29, 0.717) is 27.2 Å². The van der Waals surface area contributed by atoms with E-state index in [4.69, 9.17) is 16.3 Å². The summed E-state index contributed by atoms with van der Waals surface area (Å²) in [6, 6.07) is 12.2. The number of hydrogen-bond donors (Lipinski definition) is 2. The molecule has 0 aliphatic carbocycles. The summed E-state index contributed by atoms with van der Waals surface area (Å²) in [5.41, 5.74) is 1.97. The number of thioether (sulfide) groups is 1. The van der Waals surface area contributed by atoms with Crippen LogP contribution in [0, 0.1) is 6.92 Å². The number of aryl methyl sites for hydroxylation is 1. The van der Waals surface area contributed by atoms with Crippen molar-refractivity contribution in [2.45, 2.75) is 12.1 Å². The largest absolute Gasteiger partial charge is 0.497 e. The lowest BCUT2D eigenvalue weighted by atomic mass is 10.1. The molecule has 9 nitrogen and oxygen atoms in total. The number of amides is 1. The molecule has 0 saturated carbocycles. The predicted octanol–water partition coefficient (Wildman–Crippen LogP) is 3.18. The topological polar surface area (TPSA) is 114 Å². The number of anilines is 1. The number of nitrogens with zero attached hydrogens (tertiary/aromatic N) is 4. The number of carbonyl (C=O) groups is 1. The molecule has 0 aliphatic heterocycles. The number of aromatic amines is 1. The molecule has 4 aromatic rings. The van der Waals surface area contributed by atoms with E-state index in [0.717, 1.165) is 17.3 Å². The zero-order valence-electron chi connectivity index (χ0n) is 16.5. The summed E-state index contributed by atoms with van der Waals surface area (Å²) in [5, 5.41) is 16.1. The van der Waals surface area contributed by atoms with Gasteiger partial charge >= 0.3 is 0 Å². The van der Waals surface area contributed by atoms with Crippen LogP contribution in [0.1, 0.15) is 5.56 Å². The third-order valence-corrected chi connectivity index (χ3v) is 5.58.